The van der Waals surface area contributed by atoms with Crippen molar-refractivity contribution in [2.75, 3.05) is 5.75 Å². The zero-order valence-corrected chi connectivity index (χ0v) is 9.40. The summed E-state index contributed by atoms with van der Waals surface area (Å²) in [5.74, 6) is -0.335. The van der Waals surface area contributed by atoms with Gasteiger partial charge in [0.15, 0.2) is 6.29 Å². The van der Waals surface area contributed by atoms with E-state index in [1.807, 2.05) is 0 Å². The first-order valence-electron chi connectivity index (χ1n) is 4.82. The SMILES string of the molecule is O=Cc1cccc(F)c1C(O)C(O)CCS. The summed E-state index contributed by atoms with van der Waals surface area (Å²) in [7, 11) is 0. The highest BCUT2D eigenvalue weighted by Gasteiger charge is 2.23. The van der Waals surface area contributed by atoms with E-state index in [2.05, 4.69) is 12.6 Å². The van der Waals surface area contributed by atoms with Crippen LogP contribution in [0.3, 0.4) is 0 Å². The molecule has 0 fully saturated rings. The summed E-state index contributed by atoms with van der Waals surface area (Å²) in [6.07, 6.45) is -1.87. The van der Waals surface area contributed by atoms with Crippen molar-refractivity contribution in [1.82, 2.24) is 0 Å². The van der Waals surface area contributed by atoms with E-state index in [1.165, 1.54) is 12.1 Å². The summed E-state index contributed by atoms with van der Waals surface area (Å²) < 4.78 is 13.4. The standard InChI is InChI=1S/C11H13FO3S/c12-8-3-1-2-7(6-13)10(8)11(15)9(14)4-5-16/h1-3,6,9,11,14-16H,4-5H2. The minimum Gasteiger partial charge on any atom is -0.390 e. The van der Waals surface area contributed by atoms with Gasteiger partial charge in [0.2, 0.25) is 0 Å². The van der Waals surface area contributed by atoms with Crippen molar-refractivity contribution >= 4 is 18.9 Å². The van der Waals surface area contributed by atoms with Crippen LogP contribution in [-0.4, -0.2) is 28.4 Å². The Hall–Kier alpha value is -0.910. The first-order chi connectivity index (χ1) is 7.61. The van der Waals surface area contributed by atoms with Crippen molar-refractivity contribution in [2.24, 2.45) is 0 Å². The summed E-state index contributed by atoms with van der Waals surface area (Å²) >= 11 is 3.91. The summed E-state index contributed by atoms with van der Waals surface area (Å²) in [5, 5.41) is 19.3. The van der Waals surface area contributed by atoms with Gasteiger partial charge in [0.1, 0.15) is 11.9 Å². The molecule has 0 aliphatic heterocycles. The van der Waals surface area contributed by atoms with Crippen LogP contribution in [0.4, 0.5) is 4.39 Å². The second-order valence-electron chi connectivity index (χ2n) is 3.39. The van der Waals surface area contributed by atoms with Crippen molar-refractivity contribution in [3.63, 3.8) is 0 Å². The van der Waals surface area contributed by atoms with E-state index in [-0.39, 0.29) is 17.5 Å². The molecular weight excluding hydrogens is 231 g/mol. The van der Waals surface area contributed by atoms with Crippen LogP contribution in [0.25, 0.3) is 0 Å². The molecule has 0 heterocycles. The average Bonchev–Trinajstić information content (AvgIpc) is 2.28. The molecular formula is C11H13FO3S. The Bertz CT molecular complexity index is 370. The molecule has 2 atom stereocenters. The quantitative estimate of drug-likeness (QED) is 0.541. The number of carbonyl (C=O) groups is 1. The molecule has 88 valence electrons. The number of halogens is 1. The highest BCUT2D eigenvalue weighted by atomic mass is 32.1. The molecule has 0 saturated carbocycles. The Balaban J connectivity index is 3.06. The van der Waals surface area contributed by atoms with Gasteiger partial charge in [-0.25, -0.2) is 4.39 Å². The fourth-order valence-electron chi connectivity index (χ4n) is 1.45. The molecule has 2 N–H and O–H groups in total. The third-order valence-corrected chi connectivity index (χ3v) is 2.56. The number of carbonyl (C=O) groups excluding carboxylic acids is 1. The third kappa shape index (κ3) is 2.81. The zero-order chi connectivity index (χ0) is 12.1. The van der Waals surface area contributed by atoms with E-state index in [0.717, 1.165) is 6.07 Å². The number of benzene rings is 1. The van der Waals surface area contributed by atoms with Crippen LogP contribution in [0.2, 0.25) is 0 Å². The number of rotatable bonds is 5. The van der Waals surface area contributed by atoms with Gasteiger partial charge in [0.25, 0.3) is 0 Å². The molecule has 0 radical (unpaired) electrons. The van der Waals surface area contributed by atoms with E-state index < -0.39 is 18.0 Å². The zero-order valence-electron chi connectivity index (χ0n) is 8.51. The molecule has 0 saturated heterocycles. The molecule has 1 rings (SSSR count). The lowest BCUT2D eigenvalue weighted by Crippen LogP contribution is -2.21. The van der Waals surface area contributed by atoms with Crippen LogP contribution >= 0.6 is 12.6 Å². The van der Waals surface area contributed by atoms with Gasteiger partial charge in [-0.15, -0.1) is 0 Å². The molecule has 3 nitrogen and oxygen atoms in total. The Morgan fingerprint density at radius 1 is 1.44 bits per heavy atom. The van der Waals surface area contributed by atoms with Crippen molar-refractivity contribution in [1.29, 1.82) is 0 Å². The van der Waals surface area contributed by atoms with E-state index in [1.54, 1.807) is 0 Å². The Morgan fingerprint density at radius 2 is 2.12 bits per heavy atom. The number of aliphatic hydroxyl groups is 2. The number of hydrogen-bond donors (Lipinski definition) is 3. The largest absolute Gasteiger partial charge is 0.390 e. The molecule has 0 amide bonds. The van der Waals surface area contributed by atoms with Gasteiger partial charge in [-0.2, -0.15) is 12.6 Å². The summed E-state index contributed by atoms with van der Waals surface area (Å²) in [5.41, 5.74) is -0.113. The summed E-state index contributed by atoms with van der Waals surface area (Å²) in [6.45, 7) is 0. The molecule has 1 aromatic rings. The van der Waals surface area contributed by atoms with Crippen LogP contribution < -0.4 is 0 Å². The minimum absolute atomic E-state index is 0.0470. The number of aliphatic hydroxyl groups excluding tert-OH is 2. The molecule has 0 spiro atoms. The van der Waals surface area contributed by atoms with Crippen LogP contribution in [0.1, 0.15) is 28.4 Å². The van der Waals surface area contributed by atoms with E-state index in [0.29, 0.717) is 12.0 Å². The predicted molar refractivity (Wildman–Crippen MR) is 61.2 cm³/mol. The van der Waals surface area contributed by atoms with Crippen molar-refractivity contribution in [3.8, 4) is 0 Å². The first-order valence-corrected chi connectivity index (χ1v) is 5.45. The smallest absolute Gasteiger partial charge is 0.150 e. The van der Waals surface area contributed by atoms with E-state index in [4.69, 9.17) is 0 Å². The first kappa shape index (κ1) is 13.2. The fourth-order valence-corrected chi connectivity index (χ4v) is 1.72. The maximum absolute atomic E-state index is 13.4. The van der Waals surface area contributed by atoms with Gasteiger partial charge in [-0.05, 0) is 18.2 Å². The second-order valence-corrected chi connectivity index (χ2v) is 3.83. The van der Waals surface area contributed by atoms with E-state index in [9.17, 15) is 19.4 Å². The van der Waals surface area contributed by atoms with Crippen molar-refractivity contribution in [2.45, 2.75) is 18.6 Å². The van der Waals surface area contributed by atoms with Gasteiger partial charge in [-0.1, -0.05) is 12.1 Å². The molecule has 1 aromatic carbocycles. The molecule has 0 aliphatic rings. The second kappa shape index (κ2) is 5.98. The number of thiol groups is 1. The predicted octanol–water partition coefficient (Wildman–Crippen LogP) is 1.35. The lowest BCUT2D eigenvalue weighted by Gasteiger charge is -2.19. The van der Waals surface area contributed by atoms with Crippen LogP contribution in [-0.2, 0) is 0 Å². The molecule has 5 heteroatoms. The molecule has 2 unspecified atom stereocenters. The maximum Gasteiger partial charge on any atom is 0.150 e. The van der Waals surface area contributed by atoms with Crippen molar-refractivity contribution < 1.29 is 19.4 Å². The van der Waals surface area contributed by atoms with Crippen LogP contribution in [0, 0.1) is 5.82 Å². The third-order valence-electron chi connectivity index (χ3n) is 2.30. The highest BCUT2D eigenvalue weighted by molar-refractivity contribution is 7.80. The monoisotopic (exact) mass is 244 g/mol. The summed E-state index contributed by atoms with van der Waals surface area (Å²) in [6, 6.07) is 3.90. The molecule has 16 heavy (non-hydrogen) atoms. The Morgan fingerprint density at radius 3 is 2.69 bits per heavy atom. The Kier molecular flexibility index (Phi) is 4.92. The van der Waals surface area contributed by atoms with Crippen molar-refractivity contribution in [3.05, 3.63) is 35.1 Å². The van der Waals surface area contributed by atoms with Gasteiger partial charge < -0.3 is 10.2 Å². The van der Waals surface area contributed by atoms with Gasteiger partial charge in [0.05, 0.1) is 6.10 Å². The average molecular weight is 244 g/mol. The number of aldehydes is 1. The lowest BCUT2D eigenvalue weighted by molar-refractivity contribution is 0.0148. The highest BCUT2D eigenvalue weighted by Crippen LogP contribution is 2.24. The number of hydrogen-bond acceptors (Lipinski definition) is 4. The fraction of sp³-hybridized carbons (Fsp3) is 0.364. The Labute approximate surface area is 98.3 Å². The minimum atomic E-state index is -1.41. The van der Waals surface area contributed by atoms with Crippen LogP contribution in [0.15, 0.2) is 18.2 Å². The maximum atomic E-state index is 13.4. The van der Waals surface area contributed by atoms with Crippen LogP contribution in [0.5, 0.6) is 0 Å². The topological polar surface area (TPSA) is 57.5 Å². The molecule has 0 aromatic heterocycles. The normalized spacial score (nSPS) is 14.5. The van der Waals surface area contributed by atoms with Gasteiger partial charge in [0, 0.05) is 11.1 Å². The van der Waals surface area contributed by atoms with E-state index >= 15 is 0 Å². The lowest BCUT2D eigenvalue weighted by atomic mass is 9.97. The van der Waals surface area contributed by atoms with Gasteiger partial charge >= 0.3 is 0 Å². The molecule has 0 aliphatic carbocycles. The van der Waals surface area contributed by atoms with Gasteiger partial charge in [-0.3, -0.25) is 4.79 Å². The summed E-state index contributed by atoms with van der Waals surface area (Å²) in [4.78, 5) is 10.7. The molecule has 0 bridgehead atoms.